The fourth-order valence-corrected chi connectivity index (χ4v) is 5.41. The number of nitrogens with one attached hydrogen (secondary N) is 4. The number of carbonyl (C=O) groups is 3. The third kappa shape index (κ3) is 10.2. The fraction of sp³-hybridized carbons (Fsp3) is 0.542. The molecule has 2 unspecified atom stereocenters. The molecule has 2 rings (SSSR count). The van der Waals surface area contributed by atoms with Crippen LogP contribution in [0.25, 0.3) is 10.9 Å². The molecule has 0 radical (unpaired) electrons. The average molecular weight is 541 g/mol. The van der Waals surface area contributed by atoms with Crippen LogP contribution in [0.1, 0.15) is 38.7 Å². The Bertz CT molecular complexity index is 1070. The number of aromatic amines is 1. The molecule has 0 aliphatic rings. The van der Waals surface area contributed by atoms with E-state index < -0.39 is 37.6 Å². The van der Waals surface area contributed by atoms with Gasteiger partial charge in [0.25, 0.3) is 0 Å². The second-order valence-corrected chi connectivity index (χ2v) is 10.5. The van der Waals surface area contributed by atoms with Crippen molar-refractivity contribution in [3.63, 3.8) is 0 Å². The molecule has 0 bridgehead atoms. The van der Waals surface area contributed by atoms with Gasteiger partial charge in [0.05, 0.1) is 25.9 Å². The first-order valence-corrected chi connectivity index (χ1v) is 14.0. The summed E-state index contributed by atoms with van der Waals surface area (Å²) in [6, 6.07) is 6.05. The minimum Gasteiger partial charge on any atom is -0.465 e. The van der Waals surface area contributed by atoms with E-state index in [-0.39, 0.29) is 38.9 Å². The summed E-state index contributed by atoms with van der Waals surface area (Å²) in [5, 5.41) is 27.5. The Labute approximate surface area is 216 Å². The van der Waals surface area contributed by atoms with E-state index in [2.05, 4.69) is 20.9 Å². The Hall–Kier alpha value is -2.92. The number of H-pyrrole nitrogens is 1. The number of aliphatic hydroxyl groups excluding tert-OH is 1. The predicted molar refractivity (Wildman–Crippen MR) is 139 cm³/mol. The summed E-state index contributed by atoms with van der Waals surface area (Å²) in [6.45, 7) is 3.56. The van der Waals surface area contributed by atoms with E-state index in [1.54, 1.807) is 13.8 Å². The van der Waals surface area contributed by atoms with Crippen molar-refractivity contribution in [1.29, 1.82) is 0 Å². The zero-order valence-electron chi connectivity index (χ0n) is 21.2. The topological polar surface area (TPSA) is 179 Å². The Morgan fingerprint density at radius 3 is 2.43 bits per heavy atom. The number of fused-ring (bicyclic) bond motifs is 1. The summed E-state index contributed by atoms with van der Waals surface area (Å²) in [5.41, 5.74) is 1.86. The number of benzene rings is 1. The van der Waals surface area contributed by atoms with E-state index >= 15 is 0 Å². The summed E-state index contributed by atoms with van der Waals surface area (Å²) in [5.74, 6) is -1.02. The standard InChI is InChI=1S/C24H37N4O8P/c1-3-35-37(34,36-4-2)16-22(30)25-12-8-7-11-21(28-24(32)33)23(31)27-18(15-29)13-17-14-26-20-10-6-5-9-19(17)20/h5-6,9-10,14,18,21,26,28-29H,3-4,7-8,11-13,15-16H2,1-2H3,(H,25,30)(H,27,31)(H,32,33). The monoisotopic (exact) mass is 540 g/mol. The minimum atomic E-state index is -3.49. The molecule has 1 heterocycles. The Kier molecular flexibility index (Phi) is 12.6. The third-order valence-electron chi connectivity index (χ3n) is 5.55. The maximum atomic E-state index is 12.8. The van der Waals surface area contributed by atoms with Gasteiger partial charge in [-0.25, -0.2) is 4.79 Å². The minimum absolute atomic E-state index is 0.156. The molecule has 1 aromatic carbocycles. The molecule has 12 nitrogen and oxygen atoms in total. The van der Waals surface area contributed by atoms with Crippen LogP contribution in [0.5, 0.6) is 0 Å². The lowest BCUT2D eigenvalue weighted by atomic mass is 10.0. The van der Waals surface area contributed by atoms with Crippen molar-refractivity contribution in [3.8, 4) is 0 Å². The molecule has 1 aromatic heterocycles. The number of para-hydroxylation sites is 1. The molecular weight excluding hydrogens is 503 g/mol. The molecule has 3 amide bonds. The van der Waals surface area contributed by atoms with Gasteiger partial charge in [0, 0.05) is 23.6 Å². The van der Waals surface area contributed by atoms with E-state index in [1.165, 1.54) is 0 Å². The molecule has 0 spiro atoms. The molecule has 13 heteroatoms. The number of aromatic nitrogens is 1. The van der Waals surface area contributed by atoms with E-state index in [9.17, 15) is 24.1 Å². The highest BCUT2D eigenvalue weighted by Crippen LogP contribution is 2.47. The van der Waals surface area contributed by atoms with E-state index in [4.69, 9.17) is 14.2 Å². The van der Waals surface area contributed by atoms with E-state index in [0.29, 0.717) is 19.3 Å². The van der Waals surface area contributed by atoms with E-state index in [1.807, 2.05) is 30.5 Å². The van der Waals surface area contributed by atoms with Crippen molar-refractivity contribution >= 4 is 36.4 Å². The molecule has 6 N–H and O–H groups in total. The van der Waals surface area contributed by atoms with Crippen LogP contribution in [0.4, 0.5) is 4.79 Å². The lowest BCUT2D eigenvalue weighted by molar-refractivity contribution is -0.124. The van der Waals surface area contributed by atoms with Crippen LogP contribution in [0.2, 0.25) is 0 Å². The first-order valence-electron chi connectivity index (χ1n) is 12.3. The number of carbonyl (C=O) groups excluding carboxylic acids is 2. The van der Waals surface area contributed by atoms with Crippen LogP contribution in [0.15, 0.2) is 30.5 Å². The first kappa shape index (κ1) is 30.3. The largest absolute Gasteiger partial charge is 0.465 e. The summed E-state index contributed by atoms with van der Waals surface area (Å²) >= 11 is 0. The van der Waals surface area contributed by atoms with Gasteiger partial charge in [0.2, 0.25) is 11.8 Å². The van der Waals surface area contributed by atoms with Crippen LogP contribution in [0, 0.1) is 0 Å². The number of hydrogen-bond donors (Lipinski definition) is 6. The van der Waals surface area contributed by atoms with Gasteiger partial charge in [-0.3, -0.25) is 14.2 Å². The molecule has 0 saturated carbocycles. The summed E-state index contributed by atoms with van der Waals surface area (Å²) < 4.78 is 22.6. The number of unbranched alkanes of at least 4 members (excludes halogenated alkanes) is 1. The molecule has 0 saturated heterocycles. The zero-order chi connectivity index (χ0) is 27.3. The number of rotatable bonds is 17. The van der Waals surface area contributed by atoms with Gasteiger partial charge in [-0.15, -0.1) is 0 Å². The fourth-order valence-electron chi connectivity index (χ4n) is 3.90. The Morgan fingerprint density at radius 2 is 1.78 bits per heavy atom. The van der Waals surface area contributed by atoms with Crippen molar-refractivity contribution in [2.24, 2.45) is 0 Å². The first-order chi connectivity index (χ1) is 17.7. The Morgan fingerprint density at radius 1 is 1.08 bits per heavy atom. The smallest absolute Gasteiger partial charge is 0.405 e. The van der Waals surface area contributed by atoms with Gasteiger partial charge < -0.3 is 40.2 Å². The van der Waals surface area contributed by atoms with Gasteiger partial charge in [-0.1, -0.05) is 18.2 Å². The maximum absolute atomic E-state index is 12.8. The molecule has 0 aliphatic carbocycles. The second kappa shape index (κ2) is 15.4. The maximum Gasteiger partial charge on any atom is 0.405 e. The number of amides is 3. The van der Waals surface area contributed by atoms with Crippen molar-refractivity contribution in [2.75, 3.05) is 32.5 Å². The van der Waals surface area contributed by atoms with Crippen LogP contribution in [0.3, 0.4) is 0 Å². The molecule has 2 aromatic rings. The molecule has 37 heavy (non-hydrogen) atoms. The normalized spacial score (nSPS) is 13.2. The van der Waals surface area contributed by atoms with Gasteiger partial charge in [0.1, 0.15) is 12.2 Å². The van der Waals surface area contributed by atoms with Crippen LogP contribution < -0.4 is 16.0 Å². The lowest BCUT2D eigenvalue weighted by Crippen LogP contribution is -2.50. The van der Waals surface area contributed by atoms with Gasteiger partial charge in [-0.05, 0) is 51.2 Å². The van der Waals surface area contributed by atoms with E-state index in [0.717, 1.165) is 16.5 Å². The van der Waals surface area contributed by atoms with Crippen LogP contribution in [-0.4, -0.2) is 77.7 Å². The highest BCUT2D eigenvalue weighted by Gasteiger charge is 2.27. The third-order valence-corrected chi connectivity index (χ3v) is 7.53. The highest BCUT2D eigenvalue weighted by atomic mass is 31.2. The molecule has 0 aliphatic heterocycles. The SMILES string of the molecule is CCOP(=O)(CC(=O)NCCCCC(NC(=O)O)C(=O)NC(CO)Cc1c[nH]c2ccccc12)OCC. The molecule has 0 fully saturated rings. The van der Waals surface area contributed by atoms with Crippen LogP contribution in [-0.2, 0) is 29.6 Å². The Balaban J connectivity index is 1.84. The average Bonchev–Trinajstić information content (AvgIpc) is 3.25. The predicted octanol–water partition coefficient (Wildman–Crippen LogP) is 2.38. The van der Waals surface area contributed by atoms with Crippen molar-refractivity contribution in [2.45, 2.75) is 51.6 Å². The number of carboxylic acid groups (broad SMARTS) is 1. The molecular formula is C24H37N4O8P. The van der Waals surface area contributed by atoms with Gasteiger partial charge >= 0.3 is 13.7 Å². The summed E-state index contributed by atoms with van der Waals surface area (Å²) in [7, 11) is -3.49. The highest BCUT2D eigenvalue weighted by molar-refractivity contribution is 7.54. The number of aliphatic hydroxyl groups is 1. The number of hydrogen-bond acceptors (Lipinski definition) is 7. The van der Waals surface area contributed by atoms with Gasteiger partial charge in [0.15, 0.2) is 0 Å². The quantitative estimate of drug-likeness (QED) is 0.131. The van der Waals surface area contributed by atoms with Crippen molar-refractivity contribution in [3.05, 3.63) is 36.0 Å². The lowest BCUT2D eigenvalue weighted by Gasteiger charge is -2.21. The summed E-state index contributed by atoms with van der Waals surface area (Å²) in [6.07, 6.45) is 1.54. The zero-order valence-corrected chi connectivity index (χ0v) is 22.1. The molecule has 2 atom stereocenters. The van der Waals surface area contributed by atoms with Gasteiger partial charge in [-0.2, -0.15) is 0 Å². The van der Waals surface area contributed by atoms with Crippen LogP contribution >= 0.6 is 7.60 Å². The summed E-state index contributed by atoms with van der Waals surface area (Å²) in [4.78, 5) is 39.3. The van der Waals surface area contributed by atoms with Crippen molar-refractivity contribution < 1.29 is 38.2 Å². The second-order valence-electron chi connectivity index (χ2n) is 8.40. The van der Waals surface area contributed by atoms with Crippen molar-refractivity contribution in [1.82, 2.24) is 20.9 Å². The molecule has 206 valence electrons.